The van der Waals surface area contributed by atoms with Crippen LogP contribution in [-0.4, -0.2) is 51.5 Å². The second-order valence-electron chi connectivity index (χ2n) is 6.43. The van der Waals surface area contributed by atoms with Crippen molar-refractivity contribution in [1.29, 1.82) is 0 Å². The lowest BCUT2D eigenvalue weighted by atomic mass is 9.97. The van der Waals surface area contributed by atoms with Crippen molar-refractivity contribution in [2.24, 2.45) is 5.92 Å². The Bertz CT molecular complexity index is 716. The number of halogens is 1. The summed E-state index contributed by atoms with van der Waals surface area (Å²) in [6, 6.07) is 3.94. The van der Waals surface area contributed by atoms with Crippen LogP contribution in [-0.2, 0) is 19.6 Å². The molecule has 1 saturated heterocycles. The highest BCUT2D eigenvalue weighted by Gasteiger charge is 2.32. The minimum Gasteiger partial charge on any atom is -0.382 e. The van der Waals surface area contributed by atoms with Crippen LogP contribution < -0.4 is 5.32 Å². The Kier molecular flexibility index (Phi) is 7.55. The van der Waals surface area contributed by atoms with E-state index in [1.165, 1.54) is 16.4 Å². The summed E-state index contributed by atoms with van der Waals surface area (Å²) in [4.78, 5) is 12.1. The van der Waals surface area contributed by atoms with Gasteiger partial charge in [-0.25, -0.2) is 12.8 Å². The van der Waals surface area contributed by atoms with Crippen LogP contribution in [0, 0.1) is 18.7 Å². The summed E-state index contributed by atoms with van der Waals surface area (Å²) in [5.41, 5.74) is 0.406. The number of piperidine rings is 1. The van der Waals surface area contributed by atoms with Crippen molar-refractivity contribution >= 4 is 15.9 Å². The number of carbonyl (C=O) groups excluding carboxylic acids is 1. The summed E-state index contributed by atoms with van der Waals surface area (Å²) >= 11 is 0. The van der Waals surface area contributed by atoms with E-state index in [0.717, 1.165) is 12.5 Å². The van der Waals surface area contributed by atoms with Gasteiger partial charge >= 0.3 is 0 Å². The number of amides is 1. The normalized spacial score (nSPS) is 16.6. The Hall–Kier alpha value is -1.51. The third-order valence-corrected chi connectivity index (χ3v) is 6.47. The number of hydrogen-bond acceptors (Lipinski definition) is 4. The molecule has 0 spiro atoms. The van der Waals surface area contributed by atoms with Gasteiger partial charge in [-0.05, 0) is 50.8 Å². The number of aryl methyl sites for hydroxylation is 1. The molecule has 2 rings (SSSR count). The van der Waals surface area contributed by atoms with Crippen molar-refractivity contribution < 1.29 is 22.3 Å². The van der Waals surface area contributed by atoms with Gasteiger partial charge in [0.2, 0.25) is 15.9 Å². The molecular weight excluding hydrogens is 359 g/mol. The maximum atomic E-state index is 13.7. The van der Waals surface area contributed by atoms with Gasteiger partial charge < -0.3 is 10.1 Å². The molecule has 1 fully saturated rings. The number of nitrogens with zero attached hydrogens (tertiary/aromatic N) is 1. The van der Waals surface area contributed by atoms with Crippen LogP contribution in [0.25, 0.3) is 0 Å². The van der Waals surface area contributed by atoms with Gasteiger partial charge in [0.25, 0.3) is 0 Å². The third-order valence-electron chi connectivity index (χ3n) is 4.57. The number of benzene rings is 1. The van der Waals surface area contributed by atoms with Crippen LogP contribution >= 0.6 is 0 Å². The molecule has 1 N–H and O–H groups in total. The number of sulfonamides is 1. The summed E-state index contributed by atoms with van der Waals surface area (Å²) in [6.45, 7) is 5.85. The summed E-state index contributed by atoms with van der Waals surface area (Å²) in [7, 11) is -3.73. The summed E-state index contributed by atoms with van der Waals surface area (Å²) in [5, 5.41) is 2.87. The predicted octanol–water partition coefficient (Wildman–Crippen LogP) is 2.08. The van der Waals surface area contributed by atoms with Gasteiger partial charge in [0.15, 0.2) is 0 Å². The lowest BCUT2D eigenvalue weighted by molar-refractivity contribution is -0.126. The molecule has 26 heavy (non-hydrogen) atoms. The van der Waals surface area contributed by atoms with Gasteiger partial charge in [-0.15, -0.1) is 0 Å². The molecule has 0 radical (unpaired) electrons. The second kappa shape index (κ2) is 9.43. The van der Waals surface area contributed by atoms with Crippen LogP contribution in [0.15, 0.2) is 23.1 Å². The molecule has 146 valence electrons. The van der Waals surface area contributed by atoms with E-state index in [9.17, 15) is 17.6 Å². The van der Waals surface area contributed by atoms with Gasteiger partial charge in [0, 0.05) is 38.8 Å². The highest BCUT2D eigenvalue weighted by Crippen LogP contribution is 2.25. The number of carbonyl (C=O) groups is 1. The first-order chi connectivity index (χ1) is 12.4. The fourth-order valence-electron chi connectivity index (χ4n) is 2.92. The van der Waals surface area contributed by atoms with Crippen molar-refractivity contribution in [2.75, 3.05) is 32.8 Å². The second-order valence-corrected chi connectivity index (χ2v) is 8.37. The number of ether oxygens (including phenoxy) is 1. The van der Waals surface area contributed by atoms with Crippen LogP contribution in [0.3, 0.4) is 0 Å². The van der Waals surface area contributed by atoms with E-state index in [1.807, 2.05) is 6.92 Å². The Labute approximate surface area is 154 Å². The molecule has 8 heteroatoms. The monoisotopic (exact) mass is 386 g/mol. The van der Waals surface area contributed by atoms with E-state index in [1.54, 1.807) is 6.92 Å². The van der Waals surface area contributed by atoms with Crippen molar-refractivity contribution in [1.82, 2.24) is 9.62 Å². The smallest absolute Gasteiger partial charge is 0.243 e. The third kappa shape index (κ3) is 5.25. The molecule has 0 atom stereocenters. The molecule has 1 aromatic carbocycles. The van der Waals surface area contributed by atoms with Gasteiger partial charge in [-0.2, -0.15) is 4.31 Å². The molecule has 1 aliphatic rings. The molecule has 0 bridgehead atoms. The van der Waals surface area contributed by atoms with Crippen LogP contribution in [0.2, 0.25) is 0 Å². The molecule has 6 nitrogen and oxygen atoms in total. The molecule has 1 aliphatic heterocycles. The topological polar surface area (TPSA) is 75.7 Å². The minimum absolute atomic E-state index is 0.0417. The molecule has 0 saturated carbocycles. The van der Waals surface area contributed by atoms with Crippen LogP contribution in [0.4, 0.5) is 4.39 Å². The molecule has 1 aromatic rings. The van der Waals surface area contributed by atoms with Gasteiger partial charge in [-0.1, -0.05) is 6.07 Å². The lowest BCUT2D eigenvalue weighted by Gasteiger charge is -2.30. The summed E-state index contributed by atoms with van der Waals surface area (Å²) in [5.74, 6) is -0.768. The van der Waals surface area contributed by atoms with Crippen molar-refractivity contribution in [3.63, 3.8) is 0 Å². The Morgan fingerprint density at radius 2 is 2.04 bits per heavy atom. The maximum absolute atomic E-state index is 13.7. The van der Waals surface area contributed by atoms with E-state index in [2.05, 4.69) is 5.32 Å². The average Bonchev–Trinajstić information content (AvgIpc) is 2.63. The molecular formula is C18H27FN2O4S. The lowest BCUT2D eigenvalue weighted by Crippen LogP contribution is -2.43. The van der Waals surface area contributed by atoms with Gasteiger partial charge in [0.05, 0.1) is 4.90 Å². The quantitative estimate of drug-likeness (QED) is 0.694. The largest absolute Gasteiger partial charge is 0.382 e. The molecule has 1 amide bonds. The van der Waals surface area contributed by atoms with Crippen LogP contribution in [0.5, 0.6) is 0 Å². The number of rotatable bonds is 8. The van der Waals surface area contributed by atoms with E-state index >= 15 is 0 Å². The Morgan fingerprint density at radius 3 is 2.65 bits per heavy atom. The zero-order valence-corrected chi connectivity index (χ0v) is 16.1. The van der Waals surface area contributed by atoms with Crippen molar-refractivity contribution in [3.8, 4) is 0 Å². The zero-order chi connectivity index (χ0) is 19.2. The molecule has 1 heterocycles. The standard InChI is InChI=1S/C18H27FN2O4S/c1-3-25-12-4-9-20-18(22)15-7-10-21(11-8-15)26(23,24)16-6-5-14(2)17(19)13-16/h5-6,13,15H,3-4,7-12H2,1-2H3,(H,20,22). The highest BCUT2D eigenvalue weighted by atomic mass is 32.2. The van der Waals surface area contributed by atoms with Crippen molar-refractivity contribution in [3.05, 3.63) is 29.6 Å². The first-order valence-electron chi connectivity index (χ1n) is 8.98. The SMILES string of the molecule is CCOCCCNC(=O)C1CCN(S(=O)(=O)c2ccc(C)c(F)c2)CC1. The Balaban J connectivity index is 1.87. The number of nitrogens with one attached hydrogen (secondary N) is 1. The van der Waals surface area contributed by atoms with E-state index < -0.39 is 15.8 Å². The zero-order valence-electron chi connectivity index (χ0n) is 15.3. The first-order valence-corrected chi connectivity index (χ1v) is 10.4. The molecule has 0 aromatic heterocycles. The summed E-state index contributed by atoms with van der Waals surface area (Å²) < 4.78 is 45.5. The molecule has 0 unspecified atom stereocenters. The maximum Gasteiger partial charge on any atom is 0.243 e. The molecule has 0 aliphatic carbocycles. The van der Waals surface area contributed by atoms with Gasteiger partial charge in [0.1, 0.15) is 5.82 Å². The Morgan fingerprint density at radius 1 is 1.35 bits per heavy atom. The predicted molar refractivity (Wildman–Crippen MR) is 96.7 cm³/mol. The number of hydrogen-bond donors (Lipinski definition) is 1. The minimum atomic E-state index is -3.73. The summed E-state index contributed by atoms with van der Waals surface area (Å²) in [6.07, 6.45) is 1.68. The van der Waals surface area contributed by atoms with Crippen LogP contribution in [0.1, 0.15) is 31.7 Å². The van der Waals surface area contributed by atoms with E-state index in [0.29, 0.717) is 38.2 Å². The van der Waals surface area contributed by atoms with E-state index in [4.69, 9.17) is 4.74 Å². The fourth-order valence-corrected chi connectivity index (χ4v) is 4.40. The highest BCUT2D eigenvalue weighted by molar-refractivity contribution is 7.89. The van der Waals surface area contributed by atoms with E-state index in [-0.39, 0.29) is 29.8 Å². The fraction of sp³-hybridized carbons (Fsp3) is 0.611. The first kappa shape index (κ1) is 20.8. The van der Waals surface area contributed by atoms with Gasteiger partial charge in [-0.3, -0.25) is 4.79 Å². The van der Waals surface area contributed by atoms with Crippen molar-refractivity contribution in [2.45, 2.75) is 38.0 Å². The average molecular weight is 386 g/mol.